The number of aliphatic hydroxyl groups excluding tert-OH is 1. The molecule has 4 aromatic rings. The quantitative estimate of drug-likeness (QED) is 0.385. The Morgan fingerprint density at radius 1 is 0.710 bits per heavy atom. The zero-order valence-electron chi connectivity index (χ0n) is 16.8. The van der Waals surface area contributed by atoms with Crippen molar-refractivity contribution >= 4 is 23.2 Å². The van der Waals surface area contributed by atoms with Crippen molar-refractivity contribution in [3.8, 4) is 0 Å². The summed E-state index contributed by atoms with van der Waals surface area (Å²) in [5.74, 6) is -0.666. The van der Waals surface area contributed by atoms with Gasteiger partial charge in [0.05, 0.1) is 5.92 Å². The summed E-state index contributed by atoms with van der Waals surface area (Å²) in [5, 5.41) is 14.5. The van der Waals surface area contributed by atoms with Gasteiger partial charge in [-0.3, -0.25) is 4.79 Å². The topological polar surface area (TPSA) is 49.3 Å². The number of benzene rings is 4. The Morgan fingerprint density at radius 3 is 1.71 bits per heavy atom. The smallest absolute Gasteiger partial charge is 0.236 e. The molecule has 4 rings (SSSR count). The number of rotatable bonds is 6. The number of hydrogen-bond acceptors (Lipinski definition) is 2. The zero-order valence-corrected chi connectivity index (χ0v) is 17.5. The number of carbonyl (C=O) groups excluding carboxylic acids is 1. The van der Waals surface area contributed by atoms with E-state index >= 15 is 0 Å². The molecule has 0 fully saturated rings. The van der Waals surface area contributed by atoms with Crippen molar-refractivity contribution in [2.24, 2.45) is 0 Å². The summed E-state index contributed by atoms with van der Waals surface area (Å²) in [6, 6.07) is 33.7. The fraction of sp³-hybridized carbons (Fsp3) is 0.0741. The number of nitrogens with one attached hydrogen (secondary N) is 1. The van der Waals surface area contributed by atoms with Gasteiger partial charge in [0.15, 0.2) is 0 Å². The van der Waals surface area contributed by atoms with Crippen LogP contribution < -0.4 is 5.32 Å². The second-order valence-electron chi connectivity index (χ2n) is 7.29. The van der Waals surface area contributed by atoms with Crippen molar-refractivity contribution in [2.45, 2.75) is 12.0 Å². The summed E-state index contributed by atoms with van der Waals surface area (Å²) in [6.45, 7) is 0. The van der Waals surface area contributed by atoms with Gasteiger partial charge in [0, 0.05) is 16.3 Å². The molecule has 1 amide bonds. The minimum Gasteiger partial charge on any atom is -0.384 e. The first-order valence-electron chi connectivity index (χ1n) is 10.1. The molecule has 0 aliphatic heterocycles. The van der Waals surface area contributed by atoms with E-state index in [4.69, 9.17) is 11.6 Å². The Balaban J connectivity index is 1.70. The van der Waals surface area contributed by atoms with Crippen molar-refractivity contribution in [3.05, 3.63) is 136 Å². The minimum absolute atomic E-state index is 0.179. The maximum absolute atomic E-state index is 13.5. The Bertz CT molecular complexity index is 1110. The number of aliphatic hydroxyl groups is 1. The Kier molecular flexibility index (Phi) is 6.46. The summed E-state index contributed by atoms with van der Waals surface area (Å²) >= 11 is 6.22. The molecule has 0 aliphatic rings. The fourth-order valence-corrected chi connectivity index (χ4v) is 3.86. The molecule has 0 aromatic heterocycles. The maximum atomic E-state index is 13.5. The molecule has 0 aliphatic carbocycles. The molecule has 0 radical (unpaired) electrons. The molecule has 2 N–H and O–H groups in total. The van der Waals surface area contributed by atoms with Gasteiger partial charge in [-0.25, -0.2) is 0 Å². The third-order valence-corrected chi connectivity index (χ3v) is 5.44. The molecule has 4 heteroatoms. The fourth-order valence-electron chi connectivity index (χ4n) is 3.68. The highest BCUT2D eigenvalue weighted by Gasteiger charge is 2.24. The van der Waals surface area contributed by atoms with E-state index in [0.29, 0.717) is 16.3 Å². The SMILES string of the molecule is O=C(Nc1ccc(Cl)cc1[C@H](O)c1ccccc1)C(c1ccccc1)c1ccccc1. The van der Waals surface area contributed by atoms with E-state index in [-0.39, 0.29) is 5.91 Å². The van der Waals surface area contributed by atoms with Crippen LogP contribution in [0.3, 0.4) is 0 Å². The molecule has 0 unspecified atom stereocenters. The summed E-state index contributed by atoms with van der Waals surface area (Å²) in [5.41, 5.74) is 3.59. The molecule has 154 valence electrons. The van der Waals surface area contributed by atoms with Gasteiger partial charge >= 0.3 is 0 Å². The van der Waals surface area contributed by atoms with Crippen molar-refractivity contribution in [1.29, 1.82) is 0 Å². The van der Waals surface area contributed by atoms with Crippen LogP contribution >= 0.6 is 11.6 Å². The van der Waals surface area contributed by atoms with Crippen molar-refractivity contribution < 1.29 is 9.90 Å². The third-order valence-electron chi connectivity index (χ3n) is 5.21. The van der Waals surface area contributed by atoms with Crippen LogP contribution in [0, 0.1) is 0 Å². The normalized spacial score (nSPS) is 11.8. The largest absolute Gasteiger partial charge is 0.384 e. The Morgan fingerprint density at radius 2 is 1.19 bits per heavy atom. The second-order valence-corrected chi connectivity index (χ2v) is 7.72. The molecule has 1 atom stereocenters. The number of amides is 1. The van der Waals surface area contributed by atoms with E-state index in [1.54, 1.807) is 18.2 Å². The molecular weight excluding hydrogens is 406 g/mol. The predicted octanol–water partition coefficient (Wildman–Crippen LogP) is 6.19. The lowest BCUT2D eigenvalue weighted by Crippen LogP contribution is -2.23. The van der Waals surface area contributed by atoms with Crippen LogP contribution in [0.5, 0.6) is 0 Å². The first-order chi connectivity index (χ1) is 15.1. The summed E-state index contributed by atoms with van der Waals surface area (Å²) in [7, 11) is 0. The van der Waals surface area contributed by atoms with E-state index in [1.807, 2.05) is 91.0 Å². The zero-order chi connectivity index (χ0) is 21.6. The van der Waals surface area contributed by atoms with Crippen LogP contribution in [0.1, 0.15) is 34.3 Å². The van der Waals surface area contributed by atoms with Gasteiger partial charge in [-0.2, -0.15) is 0 Å². The van der Waals surface area contributed by atoms with Gasteiger partial charge in [-0.1, -0.05) is 103 Å². The standard InChI is InChI=1S/C27H22ClNO2/c28-22-16-17-24(23(18-22)26(30)21-14-8-3-9-15-21)29-27(31)25(19-10-4-1-5-11-19)20-12-6-2-7-13-20/h1-18,25-26,30H,(H,29,31)/t26-/m1/s1. The minimum atomic E-state index is -0.915. The van der Waals surface area contributed by atoms with E-state index in [1.165, 1.54) is 0 Å². The lowest BCUT2D eigenvalue weighted by molar-refractivity contribution is -0.116. The summed E-state index contributed by atoms with van der Waals surface area (Å²) in [4.78, 5) is 13.5. The van der Waals surface area contributed by atoms with E-state index in [0.717, 1.165) is 16.7 Å². The van der Waals surface area contributed by atoms with Gasteiger partial charge in [0.2, 0.25) is 5.91 Å². The molecule has 0 saturated carbocycles. The third kappa shape index (κ3) is 4.85. The van der Waals surface area contributed by atoms with Crippen LogP contribution in [0.15, 0.2) is 109 Å². The lowest BCUT2D eigenvalue weighted by atomic mass is 9.90. The van der Waals surface area contributed by atoms with Crippen LogP contribution in [0.2, 0.25) is 5.02 Å². The number of carbonyl (C=O) groups is 1. The molecule has 0 spiro atoms. The van der Waals surface area contributed by atoms with Gasteiger partial charge in [0.25, 0.3) is 0 Å². The van der Waals surface area contributed by atoms with E-state index in [2.05, 4.69) is 5.32 Å². The highest BCUT2D eigenvalue weighted by molar-refractivity contribution is 6.30. The van der Waals surface area contributed by atoms with Gasteiger partial charge in [-0.05, 0) is 34.9 Å². The first kappa shape index (κ1) is 20.9. The molecule has 0 bridgehead atoms. The predicted molar refractivity (Wildman–Crippen MR) is 125 cm³/mol. The first-order valence-corrected chi connectivity index (χ1v) is 10.4. The number of anilines is 1. The lowest BCUT2D eigenvalue weighted by Gasteiger charge is -2.21. The highest BCUT2D eigenvalue weighted by atomic mass is 35.5. The Hall–Kier alpha value is -3.40. The van der Waals surface area contributed by atoms with Gasteiger partial charge in [-0.15, -0.1) is 0 Å². The van der Waals surface area contributed by atoms with E-state index in [9.17, 15) is 9.90 Å². The van der Waals surface area contributed by atoms with Crippen molar-refractivity contribution in [3.63, 3.8) is 0 Å². The highest BCUT2D eigenvalue weighted by Crippen LogP contribution is 2.33. The van der Waals surface area contributed by atoms with Crippen LogP contribution in [0.4, 0.5) is 5.69 Å². The molecular formula is C27H22ClNO2. The summed E-state index contributed by atoms with van der Waals surface area (Å²) in [6.07, 6.45) is -0.915. The van der Waals surface area contributed by atoms with Crippen molar-refractivity contribution in [2.75, 3.05) is 5.32 Å². The Labute approximate surface area is 187 Å². The van der Waals surface area contributed by atoms with Crippen LogP contribution in [0.25, 0.3) is 0 Å². The molecule has 4 aromatic carbocycles. The molecule has 3 nitrogen and oxygen atoms in total. The average Bonchev–Trinajstić information content (AvgIpc) is 2.82. The average molecular weight is 428 g/mol. The van der Waals surface area contributed by atoms with Crippen molar-refractivity contribution in [1.82, 2.24) is 0 Å². The second kappa shape index (κ2) is 9.61. The van der Waals surface area contributed by atoms with Crippen LogP contribution in [-0.4, -0.2) is 11.0 Å². The summed E-state index contributed by atoms with van der Waals surface area (Å²) < 4.78 is 0. The number of hydrogen-bond donors (Lipinski definition) is 2. The molecule has 0 saturated heterocycles. The molecule has 0 heterocycles. The van der Waals surface area contributed by atoms with Gasteiger partial charge < -0.3 is 10.4 Å². The number of halogens is 1. The maximum Gasteiger partial charge on any atom is 0.236 e. The monoisotopic (exact) mass is 427 g/mol. The molecule has 31 heavy (non-hydrogen) atoms. The van der Waals surface area contributed by atoms with Gasteiger partial charge in [0.1, 0.15) is 6.10 Å². The van der Waals surface area contributed by atoms with E-state index < -0.39 is 12.0 Å². The van der Waals surface area contributed by atoms with Crippen LogP contribution in [-0.2, 0) is 4.79 Å².